The van der Waals surface area contributed by atoms with E-state index in [4.69, 9.17) is 0 Å². The maximum Gasteiger partial charge on any atom is 0.271 e. The van der Waals surface area contributed by atoms with Crippen LogP contribution in [-0.2, 0) is 19.0 Å². The number of piperidine rings is 1. The van der Waals surface area contributed by atoms with Gasteiger partial charge in [0, 0.05) is 49.4 Å². The number of rotatable bonds is 5. The number of nitrogens with zero attached hydrogens (tertiary/aromatic N) is 4. The van der Waals surface area contributed by atoms with Crippen molar-refractivity contribution in [2.75, 3.05) is 13.1 Å². The number of H-pyrrole nitrogens is 1. The fraction of sp³-hybridized carbons (Fsp3) is 0.458. The number of aromatic nitrogens is 4. The number of carbonyl (C=O) groups is 1. The maximum absolute atomic E-state index is 13.2. The standard InChI is InChI=1S/C24H31FN6O/c1-24(2,3)22-14-21(27-28-22)23(32)26-18-9-11-31(12-10-18)15-19-13-20(29-30(19)4)16-5-7-17(25)8-6-16/h5-8,13-14,18H,9-12,15H2,1-4H3,(H,26,32)(H,27,28). The summed E-state index contributed by atoms with van der Waals surface area (Å²) < 4.78 is 15.1. The Hall–Kier alpha value is -3.00. The molecule has 1 aliphatic heterocycles. The summed E-state index contributed by atoms with van der Waals surface area (Å²) in [4.78, 5) is 15.0. The second-order valence-electron chi connectivity index (χ2n) is 9.59. The number of halogens is 1. The lowest BCUT2D eigenvalue weighted by Gasteiger charge is -2.32. The zero-order chi connectivity index (χ0) is 22.9. The molecule has 3 heterocycles. The van der Waals surface area contributed by atoms with Crippen LogP contribution in [0.4, 0.5) is 4.39 Å². The maximum atomic E-state index is 13.2. The first-order valence-electron chi connectivity index (χ1n) is 11.1. The molecule has 7 nitrogen and oxygen atoms in total. The van der Waals surface area contributed by atoms with Crippen molar-refractivity contribution >= 4 is 5.91 Å². The van der Waals surface area contributed by atoms with Gasteiger partial charge in [0.15, 0.2) is 0 Å². The number of carbonyl (C=O) groups excluding carboxylic acids is 1. The summed E-state index contributed by atoms with van der Waals surface area (Å²) in [6.45, 7) is 8.85. The first-order chi connectivity index (χ1) is 15.2. The van der Waals surface area contributed by atoms with E-state index in [2.05, 4.69) is 52.4 Å². The van der Waals surface area contributed by atoms with Crippen molar-refractivity contribution in [1.82, 2.24) is 30.2 Å². The largest absolute Gasteiger partial charge is 0.348 e. The van der Waals surface area contributed by atoms with Crippen LogP contribution < -0.4 is 5.32 Å². The Balaban J connectivity index is 1.30. The lowest BCUT2D eigenvalue weighted by atomic mass is 9.92. The van der Waals surface area contributed by atoms with Gasteiger partial charge in [-0.3, -0.25) is 19.5 Å². The molecule has 4 rings (SSSR count). The molecular weight excluding hydrogens is 407 g/mol. The van der Waals surface area contributed by atoms with Crippen LogP contribution in [0.15, 0.2) is 36.4 Å². The fourth-order valence-electron chi connectivity index (χ4n) is 3.96. The molecular formula is C24H31FN6O. The van der Waals surface area contributed by atoms with Crippen molar-refractivity contribution in [1.29, 1.82) is 0 Å². The van der Waals surface area contributed by atoms with Gasteiger partial charge in [-0.1, -0.05) is 20.8 Å². The molecule has 8 heteroatoms. The summed E-state index contributed by atoms with van der Waals surface area (Å²) >= 11 is 0. The quantitative estimate of drug-likeness (QED) is 0.638. The molecule has 3 aromatic rings. The molecule has 1 aliphatic rings. The molecule has 0 spiro atoms. The van der Waals surface area contributed by atoms with Crippen LogP contribution in [0.25, 0.3) is 11.3 Å². The monoisotopic (exact) mass is 438 g/mol. The summed E-state index contributed by atoms with van der Waals surface area (Å²) in [5.41, 5.74) is 4.19. The van der Waals surface area contributed by atoms with Crippen LogP contribution in [0, 0.1) is 5.82 Å². The molecule has 32 heavy (non-hydrogen) atoms. The van der Waals surface area contributed by atoms with Crippen molar-refractivity contribution in [2.45, 2.75) is 51.6 Å². The predicted octanol–water partition coefficient (Wildman–Crippen LogP) is 3.64. The fourth-order valence-corrected chi connectivity index (χ4v) is 3.96. The van der Waals surface area contributed by atoms with Gasteiger partial charge in [0.05, 0.1) is 11.4 Å². The predicted molar refractivity (Wildman–Crippen MR) is 122 cm³/mol. The SMILES string of the molecule is Cn1nc(-c2ccc(F)cc2)cc1CN1CCC(NC(=O)c2cc(C(C)(C)C)[nH]n2)CC1. The highest BCUT2D eigenvalue weighted by atomic mass is 19.1. The van der Waals surface area contributed by atoms with Crippen molar-refractivity contribution in [3.8, 4) is 11.3 Å². The van der Waals surface area contributed by atoms with E-state index in [0.717, 1.165) is 55.1 Å². The Morgan fingerprint density at radius 2 is 1.88 bits per heavy atom. The average Bonchev–Trinajstić information content (AvgIpc) is 3.38. The molecule has 170 valence electrons. The smallest absolute Gasteiger partial charge is 0.271 e. The van der Waals surface area contributed by atoms with Crippen molar-refractivity contribution in [2.24, 2.45) is 7.05 Å². The number of nitrogens with one attached hydrogen (secondary N) is 2. The Morgan fingerprint density at radius 3 is 2.50 bits per heavy atom. The molecule has 1 fully saturated rings. The second kappa shape index (κ2) is 8.86. The number of aryl methyl sites for hydroxylation is 1. The van der Waals surface area contributed by atoms with Crippen LogP contribution in [-0.4, -0.2) is 49.9 Å². The number of hydrogen-bond donors (Lipinski definition) is 2. The first kappa shape index (κ1) is 22.2. The molecule has 2 N–H and O–H groups in total. The van der Waals surface area contributed by atoms with Gasteiger partial charge in [-0.05, 0) is 49.2 Å². The number of benzene rings is 1. The van der Waals surface area contributed by atoms with Crippen molar-refractivity contribution < 1.29 is 9.18 Å². The summed E-state index contributed by atoms with van der Waals surface area (Å²) in [7, 11) is 1.94. The third kappa shape index (κ3) is 5.07. The number of hydrogen-bond acceptors (Lipinski definition) is 4. The lowest BCUT2D eigenvalue weighted by molar-refractivity contribution is 0.0903. The van der Waals surface area contributed by atoms with Gasteiger partial charge in [0.25, 0.3) is 5.91 Å². The summed E-state index contributed by atoms with van der Waals surface area (Å²) in [6.07, 6.45) is 1.79. The van der Waals surface area contributed by atoms with E-state index in [-0.39, 0.29) is 23.2 Å². The van der Waals surface area contributed by atoms with Gasteiger partial charge in [-0.15, -0.1) is 0 Å². The number of likely N-dealkylation sites (tertiary alicyclic amines) is 1. The molecule has 1 saturated heterocycles. The van der Waals surface area contributed by atoms with Gasteiger partial charge >= 0.3 is 0 Å². The topological polar surface area (TPSA) is 78.8 Å². The van der Waals surface area contributed by atoms with E-state index in [1.807, 2.05) is 17.8 Å². The van der Waals surface area contributed by atoms with E-state index in [1.165, 1.54) is 12.1 Å². The zero-order valence-corrected chi connectivity index (χ0v) is 19.2. The minimum absolute atomic E-state index is 0.0702. The molecule has 0 aliphatic carbocycles. The highest BCUT2D eigenvalue weighted by Crippen LogP contribution is 2.22. The normalized spacial score (nSPS) is 15.8. The van der Waals surface area contributed by atoms with E-state index < -0.39 is 0 Å². The Bertz CT molecular complexity index is 1070. The Labute approximate surface area is 188 Å². The van der Waals surface area contributed by atoms with E-state index in [1.54, 1.807) is 12.1 Å². The molecule has 0 saturated carbocycles. The summed E-state index contributed by atoms with van der Waals surface area (Å²) in [5.74, 6) is -0.368. The Kier molecular flexibility index (Phi) is 6.15. The molecule has 1 aromatic carbocycles. The van der Waals surface area contributed by atoms with Crippen molar-refractivity contribution in [3.05, 3.63) is 59.3 Å². The highest BCUT2D eigenvalue weighted by molar-refractivity contribution is 5.92. The highest BCUT2D eigenvalue weighted by Gasteiger charge is 2.24. The molecule has 2 aromatic heterocycles. The lowest BCUT2D eigenvalue weighted by Crippen LogP contribution is -2.44. The molecule has 0 radical (unpaired) electrons. The van der Waals surface area contributed by atoms with Crippen LogP contribution in [0.2, 0.25) is 0 Å². The third-order valence-corrected chi connectivity index (χ3v) is 6.04. The second-order valence-corrected chi connectivity index (χ2v) is 9.59. The summed E-state index contributed by atoms with van der Waals surface area (Å²) in [6, 6.07) is 10.5. The zero-order valence-electron chi connectivity index (χ0n) is 19.2. The molecule has 1 amide bonds. The van der Waals surface area contributed by atoms with E-state index in [9.17, 15) is 9.18 Å². The van der Waals surface area contributed by atoms with Crippen LogP contribution in [0.3, 0.4) is 0 Å². The van der Waals surface area contributed by atoms with Crippen LogP contribution in [0.5, 0.6) is 0 Å². The van der Waals surface area contributed by atoms with Crippen molar-refractivity contribution in [3.63, 3.8) is 0 Å². The Morgan fingerprint density at radius 1 is 1.19 bits per heavy atom. The minimum Gasteiger partial charge on any atom is -0.348 e. The van der Waals surface area contributed by atoms with Crippen LogP contribution in [0.1, 0.15) is 55.5 Å². The van der Waals surface area contributed by atoms with Crippen LogP contribution >= 0.6 is 0 Å². The summed E-state index contributed by atoms with van der Waals surface area (Å²) in [5, 5.41) is 14.9. The van der Waals surface area contributed by atoms with Gasteiger partial charge in [-0.2, -0.15) is 10.2 Å². The third-order valence-electron chi connectivity index (χ3n) is 6.04. The number of amides is 1. The first-order valence-corrected chi connectivity index (χ1v) is 11.1. The average molecular weight is 439 g/mol. The van der Waals surface area contributed by atoms with Gasteiger partial charge in [0.2, 0.25) is 0 Å². The van der Waals surface area contributed by atoms with Gasteiger partial charge < -0.3 is 5.32 Å². The molecule has 0 unspecified atom stereocenters. The number of aromatic amines is 1. The van der Waals surface area contributed by atoms with E-state index in [0.29, 0.717) is 5.69 Å². The molecule has 0 bridgehead atoms. The van der Waals surface area contributed by atoms with Gasteiger partial charge in [-0.25, -0.2) is 4.39 Å². The minimum atomic E-state index is -0.248. The van der Waals surface area contributed by atoms with Gasteiger partial charge in [0.1, 0.15) is 11.5 Å². The van der Waals surface area contributed by atoms with E-state index >= 15 is 0 Å². The molecule has 0 atom stereocenters.